The molecule has 214 valence electrons. The van der Waals surface area contributed by atoms with Crippen molar-refractivity contribution in [3.63, 3.8) is 0 Å². The first-order valence-electron chi connectivity index (χ1n) is 13.2. The maximum atomic E-state index is 12.5. The van der Waals surface area contributed by atoms with Gasteiger partial charge in [-0.1, -0.05) is 36.4 Å². The maximum absolute atomic E-state index is 12.5. The molecule has 1 aliphatic rings. The van der Waals surface area contributed by atoms with Crippen LogP contribution in [0.1, 0.15) is 21.7 Å². The second kappa shape index (κ2) is 11.2. The van der Waals surface area contributed by atoms with E-state index in [4.69, 9.17) is 19.7 Å². The number of aromatic nitrogens is 4. The molecule has 1 fully saturated rings. The first-order chi connectivity index (χ1) is 20.3. The number of hydrogen-bond donors (Lipinski definition) is 0. The summed E-state index contributed by atoms with van der Waals surface area (Å²) in [6, 6.07) is 17.7. The van der Waals surface area contributed by atoms with Gasteiger partial charge in [0.15, 0.2) is 11.5 Å². The number of imidazole rings is 1. The first kappa shape index (κ1) is 27.3. The number of benzene rings is 2. The van der Waals surface area contributed by atoms with Crippen LogP contribution in [0.5, 0.6) is 0 Å². The lowest BCUT2D eigenvalue weighted by Gasteiger charge is -2.28. The zero-order valence-corrected chi connectivity index (χ0v) is 22.2. The minimum Gasteiger partial charge on any atom is -0.383 e. The summed E-state index contributed by atoms with van der Waals surface area (Å²) in [6.07, 6.45) is -0.334. The van der Waals surface area contributed by atoms with Crippen LogP contribution in [-0.2, 0) is 27.1 Å². The van der Waals surface area contributed by atoms with E-state index in [1.165, 1.54) is 12.1 Å². The van der Waals surface area contributed by atoms with E-state index in [1.807, 2.05) is 40.9 Å². The second-order valence-electron chi connectivity index (χ2n) is 9.74. The number of hydrogen-bond acceptors (Lipinski definition) is 8. The van der Waals surface area contributed by atoms with Crippen LogP contribution in [0.3, 0.4) is 0 Å². The van der Waals surface area contributed by atoms with E-state index in [0.29, 0.717) is 61.9 Å². The number of pyridine rings is 1. The van der Waals surface area contributed by atoms with Gasteiger partial charge in [-0.3, -0.25) is 9.38 Å². The van der Waals surface area contributed by atoms with Gasteiger partial charge < -0.3 is 14.4 Å². The fourth-order valence-electron chi connectivity index (χ4n) is 4.83. The SMILES string of the molecule is O=C(OC(=O)C(F)(F)F)c1ccc(-c2cnc(N3CCOCC3)c3nc(CCc4ccc5ccccc5n4)cn23)cc1. The Labute approximate surface area is 237 Å². The Morgan fingerprint density at radius 3 is 2.40 bits per heavy atom. The second-order valence-corrected chi connectivity index (χ2v) is 9.74. The van der Waals surface area contributed by atoms with Crippen molar-refractivity contribution in [1.29, 1.82) is 0 Å². The molecule has 0 atom stereocenters. The van der Waals surface area contributed by atoms with Gasteiger partial charge in [0.2, 0.25) is 0 Å². The smallest absolute Gasteiger partial charge is 0.383 e. The van der Waals surface area contributed by atoms with Crippen LogP contribution in [0.2, 0.25) is 0 Å². The summed E-state index contributed by atoms with van der Waals surface area (Å²) in [5.41, 5.74) is 4.47. The third-order valence-electron chi connectivity index (χ3n) is 6.96. The predicted octanol–water partition coefficient (Wildman–Crippen LogP) is 4.81. The van der Waals surface area contributed by atoms with Crippen molar-refractivity contribution >= 4 is 34.3 Å². The Kier molecular flexibility index (Phi) is 7.29. The van der Waals surface area contributed by atoms with Crippen LogP contribution in [0.25, 0.3) is 27.8 Å². The van der Waals surface area contributed by atoms with E-state index < -0.39 is 18.1 Å². The lowest BCUT2D eigenvalue weighted by molar-refractivity contribution is -0.193. The van der Waals surface area contributed by atoms with E-state index in [2.05, 4.69) is 15.7 Å². The number of fused-ring (bicyclic) bond motifs is 2. The summed E-state index contributed by atoms with van der Waals surface area (Å²) < 4.78 is 48.8. The molecule has 9 nitrogen and oxygen atoms in total. The van der Waals surface area contributed by atoms with Crippen molar-refractivity contribution in [2.24, 2.45) is 0 Å². The van der Waals surface area contributed by atoms with Gasteiger partial charge in [0.05, 0.1) is 41.9 Å². The van der Waals surface area contributed by atoms with Crippen molar-refractivity contribution in [1.82, 2.24) is 19.4 Å². The van der Waals surface area contributed by atoms with Crippen LogP contribution in [0.4, 0.5) is 19.0 Å². The van der Waals surface area contributed by atoms with Gasteiger partial charge in [0.25, 0.3) is 0 Å². The number of anilines is 1. The maximum Gasteiger partial charge on any atom is 0.491 e. The van der Waals surface area contributed by atoms with Crippen molar-refractivity contribution < 1.29 is 32.2 Å². The molecule has 1 saturated heterocycles. The Bertz CT molecular complexity index is 1780. The minimum absolute atomic E-state index is 0.195. The topological polar surface area (TPSA) is 98.9 Å². The standard InChI is InChI=1S/C30H24F3N5O4/c31-30(32,33)29(40)42-28(39)21-7-5-20(6-8-21)25-17-34-26(37-13-15-41-16-14-37)27-36-23(18-38(25)27)12-11-22-10-9-19-3-1-2-4-24(19)35-22/h1-10,17-18H,11-16H2. The highest BCUT2D eigenvalue weighted by atomic mass is 19.4. The molecular formula is C30H24F3N5O4. The number of carbonyl (C=O) groups is 2. The Hall–Kier alpha value is -4.84. The zero-order chi connectivity index (χ0) is 29.3. The van der Waals surface area contributed by atoms with Gasteiger partial charge in [0, 0.05) is 35.9 Å². The molecule has 0 amide bonds. The highest BCUT2D eigenvalue weighted by molar-refractivity contribution is 5.98. The van der Waals surface area contributed by atoms with E-state index in [9.17, 15) is 22.8 Å². The van der Waals surface area contributed by atoms with Crippen molar-refractivity contribution in [3.8, 4) is 11.3 Å². The normalized spacial score (nSPS) is 13.9. The summed E-state index contributed by atoms with van der Waals surface area (Å²) in [4.78, 5) is 39.6. The molecular weight excluding hydrogens is 551 g/mol. The fraction of sp³-hybridized carbons (Fsp3) is 0.233. The number of esters is 2. The van der Waals surface area contributed by atoms with E-state index in [-0.39, 0.29) is 5.56 Å². The predicted molar refractivity (Wildman–Crippen MR) is 147 cm³/mol. The fourth-order valence-corrected chi connectivity index (χ4v) is 4.83. The summed E-state index contributed by atoms with van der Waals surface area (Å²) in [7, 11) is 0. The minimum atomic E-state index is -5.27. The van der Waals surface area contributed by atoms with Crippen LogP contribution < -0.4 is 4.90 Å². The third-order valence-corrected chi connectivity index (χ3v) is 6.96. The van der Waals surface area contributed by atoms with Gasteiger partial charge in [-0.15, -0.1) is 0 Å². The van der Waals surface area contributed by atoms with Crippen LogP contribution >= 0.6 is 0 Å². The number of nitrogens with zero attached hydrogens (tertiary/aromatic N) is 5. The number of rotatable bonds is 6. The van der Waals surface area contributed by atoms with Crippen LogP contribution in [0.15, 0.2) is 73.1 Å². The lowest BCUT2D eigenvalue weighted by Crippen LogP contribution is -2.37. The molecule has 0 bridgehead atoms. The number of para-hydroxylation sites is 1. The zero-order valence-electron chi connectivity index (χ0n) is 22.2. The molecule has 0 saturated carbocycles. The van der Waals surface area contributed by atoms with E-state index in [0.717, 1.165) is 22.3 Å². The molecule has 6 rings (SSSR count). The number of morpholine rings is 1. The summed E-state index contributed by atoms with van der Waals surface area (Å²) >= 11 is 0. The molecule has 42 heavy (non-hydrogen) atoms. The number of ether oxygens (including phenoxy) is 2. The van der Waals surface area contributed by atoms with Crippen molar-refractivity contribution in [2.45, 2.75) is 19.0 Å². The van der Waals surface area contributed by atoms with Gasteiger partial charge in [-0.25, -0.2) is 19.6 Å². The van der Waals surface area contributed by atoms with Gasteiger partial charge in [-0.05, 0) is 37.1 Å². The molecule has 3 aromatic heterocycles. The van der Waals surface area contributed by atoms with E-state index >= 15 is 0 Å². The van der Waals surface area contributed by atoms with Crippen LogP contribution in [-0.4, -0.2) is 63.8 Å². The summed E-state index contributed by atoms with van der Waals surface area (Å²) in [5.74, 6) is -3.24. The van der Waals surface area contributed by atoms with Gasteiger partial charge in [-0.2, -0.15) is 13.2 Å². The molecule has 1 aliphatic heterocycles. The lowest BCUT2D eigenvalue weighted by atomic mass is 10.1. The molecule has 2 aromatic carbocycles. The largest absolute Gasteiger partial charge is 0.491 e. The average Bonchev–Trinajstić information content (AvgIpc) is 3.44. The van der Waals surface area contributed by atoms with Gasteiger partial charge >= 0.3 is 18.1 Å². The summed E-state index contributed by atoms with van der Waals surface area (Å²) in [6.45, 7) is 2.48. The molecule has 12 heteroatoms. The molecule has 0 N–H and O–H groups in total. The average molecular weight is 576 g/mol. The quantitative estimate of drug-likeness (QED) is 0.210. The monoisotopic (exact) mass is 575 g/mol. The molecule has 0 spiro atoms. The molecule has 0 aliphatic carbocycles. The highest BCUT2D eigenvalue weighted by Crippen LogP contribution is 2.28. The number of alkyl halides is 3. The molecule has 5 aromatic rings. The number of carbonyl (C=O) groups excluding carboxylic acids is 2. The van der Waals surface area contributed by atoms with Gasteiger partial charge in [0.1, 0.15) is 0 Å². The van der Waals surface area contributed by atoms with Crippen molar-refractivity contribution in [3.05, 3.63) is 90.0 Å². The van der Waals surface area contributed by atoms with Crippen LogP contribution in [0, 0.1) is 0 Å². The Balaban J connectivity index is 1.30. The number of halogens is 3. The highest BCUT2D eigenvalue weighted by Gasteiger charge is 2.42. The van der Waals surface area contributed by atoms with E-state index in [1.54, 1.807) is 18.3 Å². The molecule has 4 heterocycles. The Morgan fingerprint density at radius 2 is 1.64 bits per heavy atom. The van der Waals surface area contributed by atoms with Crippen molar-refractivity contribution in [2.75, 3.05) is 31.2 Å². The molecule has 0 radical (unpaired) electrons. The first-order valence-corrected chi connectivity index (χ1v) is 13.2. The Morgan fingerprint density at radius 1 is 0.905 bits per heavy atom. The summed E-state index contributed by atoms with van der Waals surface area (Å²) in [5, 5.41) is 1.08. The number of aryl methyl sites for hydroxylation is 2. The molecule has 0 unspecified atom stereocenters. The third kappa shape index (κ3) is 5.66.